The Bertz CT molecular complexity index is 560. The van der Waals surface area contributed by atoms with E-state index in [1.165, 1.54) is 12.1 Å². The molecule has 0 spiro atoms. The van der Waals surface area contributed by atoms with Crippen LogP contribution in [-0.2, 0) is 13.2 Å². The highest BCUT2D eigenvalue weighted by Crippen LogP contribution is 2.21. The minimum Gasteiger partial charge on any atom is -0.485 e. The molecule has 6 heteroatoms. The molecule has 0 aliphatic carbocycles. The van der Waals surface area contributed by atoms with Crippen molar-refractivity contribution >= 4 is 11.6 Å². The normalized spacial score (nSPS) is 10.8. The van der Waals surface area contributed by atoms with Gasteiger partial charge in [0.05, 0.1) is 10.7 Å². The third-order valence-corrected chi connectivity index (χ3v) is 2.92. The summed E-state index contributed by atoms with van der Waals surface area (Å²) in [6, 6.07) is 6.11. The molecule has 4 nitrogen and oxygen atoms in total. The smallest absolute Gasteiger partial charge is 0.174 e. The van der Waals surface area contributed by atoms with E-state index in [1.807, 2.05) is 6.07 Å². The first-order chi connectivity index (χ1) is 9.69. The molecule has 1 N–H and O–H groups in total. The van der Waals surface area contributed by atoms with Gasteiger partial charge in [0.25, 0.3) is 0 Å². The van der Waals surface area contributed by atoms with Gasteiger partial charge in [-0.05, 0) is 25.1 Å². The van der Waals surface area contributed by atoms with Crippen molar-refractivity contribution in [2.45, 2.75) is 26.5 Å². The van der Waals surface area contributed by atoms with E-state index in [0.717, 1.165) is 18.7 Å². The molecule has 1 aromatic heterocycles. The van der Waals surface area contributed by atoms with Crippen LogP contribution in [0.25, 0.3) is 0 Å². The van der Waals surface area contributed by atoms with Crippen LogP contribution in [-0.4, -0.2) is 11.7 Å². The number of ether oxygens (including phenoxy) is 1. The van der Waals surface area contributed by atoms with Gasteiger partial charge in [-0.25, -0.2) is 4.39 Å². The second-order valence-electron chi connectivity index (χ2n) is 4.33. The second kappa shape index (κ2) is 7.26. The van der Waals surface area contributed by atoms with Crippen molar-refractivity contribution in [3.63, 3.8) is 0 Å². The minimum atomic E-state index is -0.508. The third-order valence-electron chi connectivity index (χ3n) is 2.61. The summed E-state index contributed by atoms with van der Waals surface area (Å²) in [4.78, 5) is 0. The number of hydrogen-bond acceptors (Lipinski definition) is 4. The number of nitrogens with one attached hydrogen (secondary N) is 1. The maximum absolute atomic E-state index is 13.2. The number of rotatable bonds is 7. The van der Waals surface area contributed by atoms with Gasteiger partial charge in [0.1, 0.15) is 18.2 Å². The molecule has 2 rings (SSSR count). The van der Waals surface area contributed by atoms with E-state index in [9.17, 15) is 4.39 Å². The molecular weight excluding hydrogens is 283 g/mol. The largest absolute Gasteiger partial charge is 0.485 e. The summed E-state index contributed by atoms with van der Waals surface area (Å²) < 4.78 is 23.8. The number of halogens is 2. The fourth-order valence-corrected chi connectivity index (χ4v) is 1.74. The zero-order chi connectivity index (χ0) is 14.4. The Labute approximate surface area is 121 Å². The van der Waals surface area contributed by atoms with Crippen molar-refractivity contribution in [3.05, 3.63) is 46.6 Å². The van der Waals surface area contributed by atoms with Crippen LogP contribution in [0.3, 0.4) is 0 Å². The van der Waals surface area contributed by atoms with E-state index in [4.69, 9.17) is 20.9 Å². The van der Waals surface area contributed by atoms with Crippen LogP contribution in [0.1, 0.15) is 24.8 Å². The zero-order valence-electron chi connectivity index (χ0n) is 11.2. The predicted octanol–water partition coefficient (Wildman–Crippen LogP) is 3.55. The molecule has 0 bridgehead atoms. The molecule has 0 saturated heterocycles. The Morgan fingerprint density at radius 2 is 2.25 bits per heavy atom. The molecule has 108 valence electrons. The van der Waals surface area contributed by atoms with Gasteiger partial charge in [-0.15, -0.1) is 0 Å². The number of nitrogens with zero attached hydrogens (tertiary/aromatic N) is 1. The quantitative estimate of drug-likeness (QED) is 0.794. The van der Waals surface area contributed by atoms with Crippen molar-refractivity contribution in [1.29, 1.82) is 0 Å². The van der Waals surface area contributed by atoms with Gasteiger partial charge >= 0.3 is 0 Å². The molecular formula is C14H16ClFN2O2. The summed E-state index contributed by atoms with van der Waals surface area (Å²) in [7, 11) is 0. The molecule has 0 atom stereocenters. The first-order valence-corrected chi connectivity index (χ1v) is 6.80. The minimum absolute atomic E-state index is 0.0706. The van der Waals surface area contributed by atoms with E-state index in [1.54, 1.807) is 6.07 Å². The Kier molecular flexibility index (Phi) is 5.38. The van der Waals surface area contributed by atoms with Crippen molar-refractivity contribution < 1.29 is 13.7 Å². The predicted molar refractivity (Wildman–Crippen MR) is 74.2 cm³/mol. The van der Waals surface area contributed by atoms with Crippen LogP contribution in [0.15, 0.2) is 28.8 Å². The Balaban J connectivity index is 1.85. The molecule has 0 fully saturated rings. The van der Waals surface area contributed by atoms with E-state index in [0.29, 0.717) is 18.1 Å². The Morgan fingerprint density at radius 3 is 3.00 bits per heavy atom. The first kappa shape index (κ1) is 14.8. The van der Waals surface area contributed by atoms with Crippen LogP contribution < -0.4 is 10.1 Å². The lowest BCUT2D eigenvalue weighted by atomic mass is 10.3. The van der Waals surface area contributed by atoms with Gasteiger partial charge in [-0.3, -0.25) is 0 Å². The van der Waals surface area contributed by atoms with Gasteiger partial charge in [-0.1, -0.05) is 23.7 Å². The molecule has 0 aliphatic rings. The summed E-state index contributed by atoms with van der Waals surface area (Å²) in [5, 5.41) is 7.21. The van der Waals surface area contributed by atoms with E-state index < -0.39 is 5.82 Å². The average molecular weight is 299 g/mol. The molecule has 1 aromatic carbocycles. The number of aromatic nitrogens is 1. The van der Waals surface area contributed by atoms with Crippen LogP contribution in [0, 0.1) is 5.82 Å². The fraction of sp³-hybridized carbons (Fsp3) is 0.357. The maximum atomic E-state index is 13.2. The standard InChI is InChI=1S/C14H16ClFN2O2/c1-2-5-17-8-10-6-12(20-18-10)9-19-11-3-4-13(15)14(16)7-11/h3-4,6-7,17H,2,5,8-9H2,1H3. The lowest BCUT2D eigenvalue weighted by molar-refractivity contribution is 0.247. The highest BCUT2D eigenvalue weighted by Gasteiger charge is 2.06. The molecule has 0 radical (unpaired) electrons. The zero-order valence-corrected chi connectivity index (χ0v) is 11.9. The van der Waals surface area contributed by atoms with Crippen molar-refractivity contribution in [3.8, 4) is 5.75 Å². The van der Waals surface area contributed by atoms with E-state index >= 15 is 0 Å². The molecule has 0 aliphatic heterocycles. The van der Waals surface area contributed by atoms with Crippen LogP contribution in [0.2, 0.25) is 5.02 Å². The highest BCUT2D eigenvalue weighted by atomic mass is 35.5. The summed E-state index contributed by atoms with van der Waals surface area (Å²) in [5.41, 5.74) is 0.819. The molecule has 20 heavy (non-hydrogen) atoms. The molecule has 1 heterocycles. The average Bonchev–Trinajstić information content (AvgIpc) is 2.88. The Morgan fingerprint density at radius 1 is 1.40 bits per heavy atom. The first-order valence-electron chi connectivity index (χ1n) is 6.42. The lowest BCUT2D eigenvalue weighted by Crippen LogP contribution is -2.13. The molecule has 0 amide bonds. The van der Waals surface area contributed by atoms with Gasteiger partial charge in [0.15, 0.2) is 5.76 Å². The maximum Gasteiger partial charge on any atom is 0.174 e. The van der Waals surface area contributed by atoms with Gasteiger partial charge in [0, 0.05) is 18.7 Å². The topological polar surface area (TPSA) is 47.3 Å². The Hall–Kier alpha value is -1.59. The van der Waals surface area contributed by atoms with E-state index in [2.05, 4.69) is 17.4 Å². The summed E-state index contributed by atoms with van der Waals surface area (Å²) >= 11 is 5.60. The highest BCUT2D eigenvalue weighted by molar-refractivity contribution is 6.30. The molecule has 0 saturated carbocycles. The van der Waals surface area contributed by atoms with Crippen LogP contribution >= 0.6 is 11.6 Å². The monoisotopic (exact) mass is 298 g/mol. The third kappa shape index (κ3) is 4.21. The molecule has 0 unspecified atom stereocenters. The van der Waals surface area contributed by atoms with Crippen LogP contribution in [0.5, 0.6) is 5.75 Å². The SMILES string of the molecule is CCCNCc1cc(COc2ccc(Cl)c(F)c2)on1. The summed E-state index contributed by atoms with van der Waals surface area (Å²) in [5.74, 6) is 0.480. The summed E-state index contributed by atoms with van der Waals surface area (Å²) in [6.07, 6.45) is 1.07. The van der Waals surface area contributed by atoms with Gasteiger partial charge < -0.3 is 14.6 Å². The van der Waals surface area contributed by atoms with Gasteiger partial charge in [-0.2, -0.15) is 0 Å². The van der Waals surface area contributed by atoms with Gasteiger partial charge in [0.2, 0.25) is 0 Å². The van der Waals surface area contributed by atoms with Crippen molar-refractivity contribution in [1.82, 2.24) is 10.5 Å². The fourth-order valence-electron chi connectivity index (χ4n) is 1.62. The summed E-state index contributed by atoms with van der Waals surface area (Å²) in [6.45, 7) is 3.89. The van der Waals surface area contributed by atoms with E-state index in [-0.39, 0.29) is 11.6 Å². The van der Waals surface area contributed by atoms with Crippen molar-refractivity contribution in [2.24, 2.45) is 0 Å². The molecule has 2 aromatic rings. The number of hydrogen-bond donors (Lipinski definition) is 1. The number of benzene rings is 1. The second-order valence-corrected chi connectivity index (χ2v) is 4.73. The van der Waals surface area contributed by atoms with Crippen molar-refractivity contribution in [2.75, 3.05) is 6.54 Å². The lowest BCUT2D eigenvalue weighted by Gasteiger charge is -2.03. The van der Waals surface area contributed by atoms with Crippen LogP contribution in [0.4, 0.5) is 4.39 Å².